The molecule has 1 aromatic carbocycles. The normalized spacial score (nSPS) is 16.1. The van der Waals surface area contributed by atoms with Crippen LogP contribution < -0.4 is 5.32 Å². The van der Waals surface area contributed by atoms with Crippen LogP contribution >= 0.6 is 0 Å². The largest absolute Gasteiger partial charge is 0.351 e. The van der Waals surface area contributed by atoms with Crippen LogP contribution in [0.5, 0.6) is 0 Å². The molecule has 1 aliphatic carbocycles. The molecule has 7 heteroatoms. The van der Waals surface area contributed by atoms with Crippen molar-refractivity contribution in [2.24, 2.45) is 0 Å². The molecule has 5 nitrogen and oxygen atoms in total. The molecule has 0 aliphatic heterocycles. The van der Waals surface area contributed by atoms with Crippen LogP contribution in [-0.4, -0.2) is 44.0 Å². The van der Waals surface area contributed by atoms with Crippen LogP contribution in [-0.2, 0) is 10.0 Å². The zero-order valence-corrected chi connectivity index (χ0v) is 13.4. The molecule has 22 heavy (non-hydrogen) atoms. The Hall–Kier alpha value is -1.47. The first-order valence-corrected chi connectivity index (χ1v) is 9.23. The lowest BCUT2D eigenvalue weighted by Crippen LogP contribution is -2.43. The SMILES string of the molecule is CS(=O)(=O)N(CCNC(=O)c1ccc(F)cc1)C1CCCC1. The summed E-state index contributed by atoms with van der Waals surface area (Å²) in [6.07, 6.45) is 5.03. The molecule has 0 spiro atoms. The Morgan fingerprint density at radius 3 is 2.41 bits per heavy atom. The maximum absolute atomic E-state index is 12.8. The Morgan fingerprint density at radius 1 is 1.27 bits per heavy atom. The summed E-state index contributed by atoms with van der Waals surface area (Å²) < 4.78 is 38.0. The van der Waals surface area contributed by atoms with Gasteiger partial charge in [0.25, 0.3) is 5.91 Å². The Morgan fingerprint density at radius 2 is 1.86 bits per heavy atom. The van der Waals surface area contributed by atoms with Crippen LogP contribution in [0.4, 0.5) is 4.39 Å². The van der Waals surface area contributed by atoms with Crippen LogP contribution in [0.25, 0.3) is 0 Å². The van der Waals surface area contributed by atoms with Gasteiger partial charge in [0.2, 0.25) is 10.0 Å². The minimum absolute atomic E-state index is 0.0396. The third-order valence-corrected chi connectivity index (χ3v) is 5.21. The predicted molar refractivity (Wildman–Crippen MR) is 82.5 cm³/mol. The molecule has 122 valence electrons. The highest BCUT2D eigenvalue weighted by Crippen LogP contribution is 2.24. The highest BCUT2D eigenvalue weighted by molar-refractivity contribution is 7.88. The molecule has 1 saturated carbocycles. The first-order valence-electron chi connectivity index (χ1n) is 7.38. The van der Waals surface area contributed by atoms with E-state index in [1.54, 1.807) is 0 Å². The third-order valence-electron chi connectivity index (χ3n) is 3.88. The summed E-state index contributed by atoms with van der Waals surface area (Å²) in [6.45, 7) is 0.496. The van der Waals surface area contributed by atoms with Gasteiger partial charge < -0.3 is 5.32 Å². The van der Waals surface area contributed by atoms with Crippen molar-refractivity contribution in [2.75, 3.05) is 19.3 Å². The summed E-state index contributed by atoms with van der Waals surface area (Å²) >= 11 is 0. The average molecular weight is 328 g/mol. The third kappa shape index (κ3) is 4.51. The predicted octanol–water partition coefficient (Wildman–Crippen LogP) is 1.76. The number of amides is 1. The molecule has 1 fully saturated rings. The second-order valence-corrected chi connectivity index (χ2v) is 7.51. The van der Waals surface area contributed by atoms with Crippen LogP contribution in [0.15, 0.2) is 24.3 Å². The average Bonchev–Trinajstić information content (AvgIpc) is 2.96. The highest BCUT2D eigenvalue weighted by Gasteiger charge is 2.28. The van der Waals surface area contributed by atoms with E-state index in [4.69, 9.17) is 0 Å². The lowest BCUT2D eigenvalue weighted by Gasteiger charge is -2.26. The number of hydrogen-bond donors (Lipinski definition) is 1. The molecule has 0 unspecified atom stereocenters. The van der Waals surface area contributed by atoms with Crippen molar-refractivity contribution < 1.29 is 17.6 Å². The van der Waals surface area contributed by atoms with E-state index >= 15 is 0 Å². The van der Waals surface area contributed by atoms with Gasteiger partial charge in [-0.1, -0.05) is 12.8 Å². The van der Waals surface area contributed by atoms with Crippen LogP contribution in [0, 0.1) is 5.82 Å². The Bertz CT molecular complexity index is 610. The van der Waals surface area contributed by atoms with Crippen LogP contribution in [0.3, 0.4) is 0 Å². The number of hydrogen-bond acceptors (Lipinski definition) is 3. The molecule has 1 aliphatic rings. The monoisotopic (exact) mass is 328 g/mol. The number of nitrogens with one attached hydrogen (secondary N) is 1. The van der Waals surface area contributed by atoms with Gasteiger partial charge in [-0.2, -0.15) is 4.31 Å². The van der Waals surface area contributed by atoms with E-state index in [0.29, 0.717) is 5.56 Å². The number of benzene rings is 1. The first kappa shape index (κ1) is 16.9. The van der Waals surface area contributed by atoms with Gasteiger partial charge in [-0.25, -0.2) is 12.8 Å². The minimum Gasteiger partial charge on any atom is -0.351 e. The topological polar surface area (TPSA) is 66.5 Å². The van der Waals surface area contributed by atoms with Gasteiger partial charge in [-0.05, 0) is 37.1 Å². The molecule has 0 bridgehead atoms. The number of nitrogens with zero attached hydrogens (tertiary/aromatic N) is 1. The molecule has 1 N–H and O–H groups in total. The van der Waals surface area contributed by atoms with Gasteiger partial charge in [-0.3, -0.25) is 4.79 Å². The summed E-state index contributed by atoms with van der Waals surface area (Å²) in [5.41, 5.74) is 0.355. The summed E-state index contributed by atoms with van der Waals surface area (Å²) in [5, 5.41) is 2.68. The fraction of sp³-hybridized carbons (Fsp3) is 0.533. The smallest absolute Gasteiger partial charge is 0.251 e. The van der Waals surface area contributed by atoms with Gasteiger partial charge in [0.1, 0.15) is 5.82 Å². The zero-order valence-electron chi connectivity index (χ0n) is 12.6. The Labute approximate surface area is 130 Å². The molecule has 0 saturated heterocycles. The van der Waals surface area contributed by atoms with Crippen molar-refractivity contribution in [1.82, 2.24) is 9.62 Å². The molecule has 0 heterocycles. The fourth-order valence-corrected chi connectivity index (χ4v) is 3.97. The van der Waals surface area contributed by atoms with E-state index in [2.05, 4.69) is 5.32 Å². The fourth-order valence-electron chi connectivity index (χ4n) is 2.79. The van der Waals surface area contributed by atoms with E-state index in [9.17, 15) is 17.6 Å². The summed E-state index contributed by atoms with van der Waals surface area (Å²) in [6, 6.07) is 5.27. The van der Waals surface area contributed by atoms with Crippen molar-refractivity contribution in [3.05, 3.63) is 35.6 Å². The second kappa shape index (κ2) is 7.19. The van der Waals surface area contributed by atoms with Gasteiger partial charge in [-0.15, -0.1) is 0 Å². The highest BCUT2D eigenvalue weighted by atomic mass is 32.2. The van der Waals surface area contributed by atoms with Gasteiger partial charge >= 0.3 is 0 Å². The van der Waals surface area contributed by atoms with E-state index in [1.807, 2.05) is 0 Å². The first-order chi connectivity index (χ1) is 10.4. The standard InChI is InChI=1S/C15H21FN2O3S/c1-22(20,21)18(14-4-2-3-5-14)11-10-17-15(19)12-6-8-13(16)9-7-12/h6-9,14H,2-5,10-11H2,1H3,(H,17,19). The summed E-state index contributed by atoms with van der Waals surface area (Å²) in [7, 11) is -3.28. The maximum atomic E-state index is 12.8. The zero-order chi connectivity index (χ0) is 16.2. The van der Waals surface area contributed by atoms with Crippen LogP contribution in [0.2, 0.25) is 0 Å². The van der Waals surface area contributed by atoms with Gasteiger partial charge in [0, 0.05) is 24.7 Å². The van der Waals surface area contributed by atoms with E-state index in [1.165, 1.54) is 34.8 Å². The molecule has 1 aromatic rings. The Balaban J connectivity index is 1.90. The summed E-state index contributed by atoms with van der Waals surface area (Å²) in [5.74, 6) is -0.735. The number of carbonyl (C=O) groups excluding carboxylic acids is 1. The molecule has 0 atom stereocenters. The van der Waals surface area contributed by atoms with Crippen LogP contribution in [0.1, 0.15) is 36.0 Å². The lowest BCUT2D eigenvalue weighted by molar-refractivity contribution is 0.0950. The van der Waals surface area contributed by atoms with Gasteiger partial charge in [0.05, 0.1) is 6.26 Å². The van der Waals surface area contributed by atoms with E-state index in [0.717, 1.165) is 25.7 Å². The number of sulfonamides is 1. The lowest BCUT2D eigenvalue weighted by atomic mass is 10.2. The quantitative estimate of drug-likeness (QED) is 0.865. The molecule has 2 rings (SSSR count). The minimum atomic E-state index is -3.28. The van der Waals surface area contributed by atoms with E-state index < -0.39 is 15.8 Å². The second-order valence-electron chi connectivity index (χ2n) is 5.57. The van der Waals surface area contributed by atoms with Crippen molar-refractivity contribution in [1.29, 1.82) is 0 Å². The molecular formula is C15H21FN2O3S. The molecule has 0 radical (unpaired) electrons. The van der Waals surface area contributed by atoms with Crippen molar-refractivity contribution >= 4 is 15.9 Å². The molecular weight excluding hydrogens is 307 g/mol. The summed E-state index contributed by atoms with van der Waals surface area (Å²) in [4.78, 5) is 11.9. The van der Waals surface area contributed by atoms with Crippen molar-refractivity contribution in [3.8, 4) is 0 Å². The molecule has 1 amide bonds. The number of rotatable bonds is 6. The van der Waals surface area contributed by atoms with Crippen molar-refractivity contribution in [3.63, 3.8) is 0 Å². The number of carbonyl (C=O) groups is 1. The Kier molecular flexibility index (Phi) is 5.52. The van der Waals surface area contributed by atoms with Crippen molar-refractivity contribution in [2.45, 2.75) is 31.7 Å². The maximum Gasteiger partial charge on any atom is 0.251 e. The van der Waals surface area contributed by atoms with Gasteiger partial charge in [0.15, 0.2) is 0 Å². The van der Waals surface area contributed by atoms with E-state index in [-0.39, 0.29) is 25.0 Å². The number of halogens is 1. The molecule has 0 aromatic heterocycles.